The van der Waals surface area contributed by atoms with Crippen LogP contribution in [0.1, 0.15) is 31.7 Å². The van der Waals surface area contributed by atoms with Crippen LogP contribution in [0, 0.1) is 5.92 Å². The highest BCUT2D eigenvalue weighted by Crippen LogP contribution is 2.28. The normalized spacial score (nSPS) is 18.1. The second kappa shape index (κ2) is 10.9. The summed E-state index contributed by atoms with van der Waals surface area (Å²) in [6.07, 6.45) is 3.67. The van der Waals surface area contributed by atoms with Gasteiger partial charge in [0.2, 0.25) is 11.8 Å². The van der Waals surface area contributed by atoms with Crippen molar-refractivity contribution >= 4 is 23.3 Å². The molecule has 1 atom stereocenters. The summed E-state index contributed by atoms with van der Waals surface area (Å²) in [5, 5.41) is 8.81. The van der Waals surface area contributed by atoms with E-state index in [4.69, 9.17) is 0 Å². The minimum Gasteiger partial charge on any atom is -0.352 e. The molecule has 0 radical (unpaired) electrons. The second-order valence-corrected chi connectivity index (χ2v) is 9.63. The number of benzene rings is 2. The lowest BCUT2D eigenvalue weighted by atomic mass is 10.1. The Bertz CT molecular complexity index is 1170. The minimum absolute atomic E-state index is 0.0297. The maximum absolute atomic E-state index is 13.2. The largest absolute Gasteiger partial charge is 0.352 e. The van der Waals surface area contributed by atoms with Crippen molar-refractivity contribution in [1.29, 1.82) is 0 Å². The molecule has 3 aromatic rings. The summed E-state index contributed by atoms with van der Waals surface area (Å²) in [5.74, 6) is 0.651. The van der Waals surface area contributed by atoms with Gasteiger partial charge in [-0.2, -0.15) is 0 Å². The van der Waals surface area contributed by atoms with Gasteiger partial charge in [0.15, 0.2) is 5.82 Å². The summed E-state index contributed by atoms with van der Waals surface area (Å²) in [6, 6.07) is 22.2. The Morgan fingerprint density at radius 2 is 1.67 bits per heavy atom. The van der Waals surface area contributed by atoms with Crippen molar-refractivity contribution in [3.63, 3.8) is 0 Å². The van der Waals surface area contributed by atoms with Crippen LogP contribution in [0.5, 0.6) is 0 Å². The van der Waals surface area contributed by atoms with Gasteiger partial charge < -0.3 is 14.7 Å². The van der Waals surface area contributed by atoms with Crippen LogP contribution in [0.3, 0.4) is 0 Å². The topological polar surface area (TPSA) is 69.6 Å². The number of amides is 2. The van der Waals surface area contributed by atoms with Gasteiger partial charge in [0, 0.05) is 50.4 Å². The Hall–Kier alpha value is -3.74. The number of piperazine rings is 1. The molecule has 0 bridgehead atoms. The standard InChI is InChI=1S/C29H33N5O2/c1-2-3-7-22-10-12-25(13-11-22)34-21-24(20-28(34)35)29(36)33-18-16-32(17-19-33)27-15-14-26(30-31-27)23-8-5-4-6-9-23/h4-6,8-15,24H,2-3,7,16-21H2,1H3. The first kappa shape index (κ1) is 24.0. The zero-order valence-electron chi connectivity index (χ0n) is 20.8. The Labute approximate surface area is 212 Å². The Kier molecular flexibility index (Phi) is 7.26. The summed E-state index contributed by atoms with van der Waals surface area (Å²) < 4.78 is 0. The highest BCUT2D eigenvalue weighted by Gasteiger charge is 2.38. The first-order valence-electron chi connectivity index (χ1n) is 12.9. The van der Waals surface area contributed by atoms with Crippen LogP contribution in [-0.4, -0.2) is 59.6 Å². The summed E-state index contributed by atoms with van der Waals surface area (Å²) in [6.45, 7) is 5.29. The van der Waals surface area contributed by atoms with Crippen molar-refractivity contribution in [1.82, 2.24) is 15.1 Å². The van der Waals surface area contributed by atoms with Gasteiger partial charge in [-0.25, -0.2) is 0 Å². The predicted molar refractivity (Wildman–Crippen MR) is 142 cm³/mol. The highest BCUT2D eigenvalue weighted by atomic mass is 16.2. The van der Waals surface area contributed by atoms with Gasteiger partial charge in [-0.1, -0.05) is 55.8 Å². The van der Waals surface area contributed by atoms with Crippen molar-refractivity contribution in [2.45, 2.75) is 32.6 Å². The molecule has 2 aliphatic heterocycles. The summed E-state index contributed by atoms with van der Waals surface area (Å²) >= 11 is 0. The molecule has 3 heterocycles. The number of unbranched alkanes of at least 4 members (excludes halogenated alkanes) is 1. The van der Waals surface area contributed by atoms with Gasteiger partial charge in [-0.15, -0.1) is 10.2 Å². The van der Waals surface area contributed by atoms with Crippen LogP contribution in [-0.2, 0) is 16.0 Å². The van der Waals surface area contributed by atoms with E-state index >= 15 is 0 Å². The van der Waals surface area contributed by atoms with Crippen LogP contribution in [0.4, 0.5) is 11.5 Å². The van der Waals surface area contributed by atoms with Crippen molar-refractivity contribution in [2.24, 2.45) is 5.92 Å². The number of hydrogen-bond acceptors (Lipinski definition) is 5. The second-order valence-electron chi connectivity index (χ2n) is 9.63. The van der Waals surface area contributed by atoms with Crippen LogP contribution in [0.2, 0.25) is 0 Å². The molecule has 2 fully saturated rings. The van der Waals surface area contributed by atoms with E-state index in [1.54, 1.807) is 4.90 Å². The van der Waals surface area contributed by atoms with E-state index in [1.165, 1.54) is 12.0 Å². The number of aryl methyl sites for hydroxylation is 1. The summed E-state index contributed by atoms with van der Waals surface area (Å²) in [7, 11) is 0. The third-order valence-electron chi connectivity index (χ3n) is 7.18. The molecular weight excluding hydrogens is 450 g/mol. The molecule has 5 rings (SSSR count). The highest BCUT2D eigenvalue weighted by molar-refractivity contribution is 6.00. The molecule has 2 aliphatic rings. The predicted octanol–water partition coefficient (Wildman–Crippen LogP) is 4.19. The molecule has 1 unspecified atom stereocenters. The van der Waals surface area contributed by atoms with Gasteiger partial charge in [0.1, 0.15) is 0 Å². The van der Waals surface area contributed by atoms with Crippen LogP contribution in [0.15, 0.2) is 66.7 Å². The molecular formula is C29H33N5O2. The van der Waals surface area contributed by atoms with Crippen molar-refractivity contribution < 1.29 is 9.59 Å². The molecule has 0 aliphatic carbocycles. The number of rotatable bonds is 7. The Morgan fingerprint density at radius 1 is 0.917 bits per heavy atom. The van der Waals surface area contributed by atoms with E-state index in [0.717, 1.165) is 35.6 Å². The fraction of sp³-hybridized carbons (Fsp3) is 0.379. The quantitative estimate of drug-likeness (QED) is 0.504. The molecule has 36 heavy (non-hydrogen) atoms. The molecule has 0 N–H and O–H groups in total. The van der Waals surface area contributed by atoms with Crippen LogP contribution >= 0.6 is 0 Å². The first-order valence-corrected chi connectivity index (χ1v) is 12.9. The minimum atomic E-state index is -0.284. The molecule has 2 amide bonds. The lowest BCUT2D eigenvalue weighted by Gasteiger charge is -2.36. The Balaban J connectivity index is 1.15. The van der Waals surface area contributed by atoms with E-state index in [-0.39, 0.29) is 24.2 Å². The van der Waals surface area contributed by atoms with Gasteiger partial charge in [0.05, 0.1) is 11.6 Å². The van der Waals surface area contributed by atoms with Gasteiger partial charge in [-0.05, 0) is 42.7 Å². The number of aromatic nitrogens is 2. The Morgan fingerprint density at radius 3 is 2.33 bits per heavy atom. The smallest absolute Gasteiger partial charge is 0.228 e. The zero-order chi connectivity index (χ0) is 24.9. The molecule has 7 heteroatoms. The average Bonchev–Trinajstić information content (AvgIpc) is 3.34. The number of carbonyl (C=O) groups excluding carboxylic acids is 2. The van der Waals surface area contributed by atoms with Crippen LogP contribution in [0.25, 0.3) is 11.3 Å². The molecule has 7 nitrogen and oxygen atoms in total. The summed E-state index contributed by atoms with van der Waals surface area (Å²) in [5.41, 5.74) is 4.06. The van der Waals surface area contributed by atoms with E-state index in [1.807, 2.05) is 59.5 Å². The zero-order valence-corrected chi connectivity index (χ0v) is 20.8. The van der Waals surface area contributed by atoms with E-state index < -0.39 is 0 Å². The maximum Gasteiger partial charge on any atom is 0.228 e. The molecule has 186 valence electrons. The molecule has 2 aromatic carbocycles. The van der Waals surface area contributed by atoms with Crippen molar-refractivity contribution in [2.75, 3.05) is 42.5 Å². The number of carbonyl (C=O) groups is 2. The van der Waals surface area contributed by atoms with Crippen LogP contribution < -0.4 is 9.80 Å². The third kappa shape index (κ3) is 5.25. The fourth-order valence-corrected chi connectivity index (χ4v) is 5.02. The number of nitrogens with zero attached hydrogens (tertiary/aromatic N) is 5. The maximum atomic E-state index is 13.2. The first-order chi connectivity index (χ1) is 17.6. The number of anilines is 2. The molecule has 2 saturated heterocycles. The fourth-order valence-electron chi connectivity index (χ4n) is 5.02. The van der Waals surface area contributed by atoms with Crippen molar-refractivity contribution in [3.05, 3.63) is 72.3 Å². The van der Waals surface area contributed by atoms with Crippen molar-refractivity contribution in [3.8, 4) is 11.3 Å². The van der Waals surface area contributed by atoms with E-state index in [9.17, 15) is 9.59 Å². The molecule has 1 aromatic heterocycles. The number of hydrogen-bond donors (Lipinski definition) is 0. The van der Waals surface area contributed by atoms with E-state index in [2.05, 4.69) is 34.2 Å². The SMILES string of the molecule is CCCCc1ccc(N2CC(C(=O)N3CCN(c4ccc(-c5ccccc5)nn4)CC3)CC2=O)cc1. The summed E-state index contributed by atoms with van der Waals surface area (Å²) in [4.78, 5) is 31.8. The molecule has 0 spiro atoms. The van der Waals surface area contributed by atoms with Gasteiger partial charge >= 0.3 is 0 Å². The van der Waals surface area contributed by atoms with Gasteiger partial charge in [-0.3, -0.25) is 9.59 Å². The van der Waals surface area contributed by atoms with Gasteiger partial charge in [0.25, 0.3) is 0 Å². The van der Waals surface area contributed by atoms with E-state index in [0.29, 0.717) is 32.7 Å². The average molecular weight is 484 g/mol. The molecule has 0 saturated carbocycles. The lowest BCUT2D eigenvalue weighted by Crippen LogP contribution is -2.51. The lowest BCUT2D eigenvalue weighted by molar-refractivity contribution is -0.136. The monoisotopic (exact) mass is 483 g/mol. The third-order valence-corrected chi connectivity index (χ3v) is 7.18.